The van der Waals surface area contributed by atoms with Crippen LogP contribution in [0, 0.1) is 5.92 Å². The Labute approximate surface area is 120 Å². The molecule has 1 rings (SSSR count). The van der Waals surface area contributed by atoms with Crippen molar-refractivity contribution < 1.29 is 8.42 Å². The number of benzene rings is 1. The average Bonchev–Trinajstić information content (AvgIpc) is 2.35. The van der Waals surface area contributed by atoms with Crippen LogP contribution >= 0.6 is 11.6 Å². The first kappa shape index (κ1) is 16.3. The molecule has 1 atom stereocenters. The normalized spacial score (nSPS) is 13.8. The van der Waals surface area contributed by atoms with Crippen LogP contribution in [-0.2, 0) is 10.0 Å². The first-order valence-electron chi connectivity index (χ1n) is 6.14. The maximum atomic E-state index is 11.9. The highest BCUT2D eigenvalue weighted by molar-refractivity contribution is 7.89. The van der Waals surface area contributed by atoms with Gasteiger partial charge in [-0.25, -0.2) is 12.7 Å². The molecular formula is C13H21ClN2O2S. The summed E-state index contributed by atoms with van der Waals surface area (Å²) in [6.45, 7) is 4.18. The van der Waals surface area contributed by atoms with Gasteiger partial charge in [-0.05, 0) is 30.2 Å². The molecule has 0 aliphatic rings. The van der Waals surface area contributed by atoms with Crippen LogP contribution in [0.2, 0.25) is 0 Å². The zero-order chi connectivity index (χ0) is 14.6. The molecule has 0 saturated heterocycles. The van der Waals surface area contributed by atoms with E-state index in [1.807, 2.05) is 0 Å². The Morgan fingerprint density at radius 1 is 1.21 bits per heavy atom. The van der Waals surface area contributed by atoms with Crippen LogP contribution in [0.3, 0.4) is 0 Å². The number of sulfonamides is 1. The summed E-state index contributed by atoms with van der Waals surface area (Å²) in [5.74, 6) is 0.915. The molecule has 19 heavy (non-hydrogen) atoms. The minimum absolute atomic E-state index is 0.165. The summed E-state index contributed by atoms with van der Waals surface area (Å²) in [4.78, 5) is 0.287. The number of hydrogen-bond donors (Lipinski definition) is 1. The Morgan fingerprint density at radius 3 is 2.11 bits per heavy atom. The number of rotatable bonds is 6. The third-order valence-electron chi connectivity index (χ3n) is 2.96. The predicted molar refractivity (Wildman–Crippen MR) is 80.3 cm³/mol. The van der Waals surface area contributed by atoms with Gasteiger partial charge >= 0.3 is 0 Å². The highest BCUT2D eigenvalue weighted by Crippen LogP contribution is 2.18. The van der Waals surface area contributed by atoms with E-state index in [9.17, 15) is 8.42 Å². The van der Waals surface area contributed by atoms with Gasteiger partial charge in [0.05, 0.1) is 4.90 Å². The molecule has 6 heteroatoms. The Morgan fingerprint density at radius 2 is 1.74 bits per heavy atom. The van der Waals surface area contributed by atoms with Crippen molar-refractivity contribution in [2.24, 2.45) is 5.92 Å². The van der Waals surface area contributed by atoms with Gasteiger partial charge in [0.15, 0.2) is 0 Å². The van der Waals surface area contributed by atoms with Gasteiger partial charge in [0.2, 0.25) is 10.0 Å². The Bertz CT molecular complexity index is 498. The van der Waals surface area contributed by atoms with E-state index in [4.69, 9.17) is 11.6 Å². The van der Waals surface area contributed by atoms with E-state index in [0.717, 1.165) is 5.69 Å². The minimum atomic E-state index is -3.36. The van der Waals surface area contributed by atoms with Crippen molar-refractivity contribution in [2.45, 2.75) is 24.8 Å². The van der Waals surface area contributed by atoms with Crippen molar-refractivity contribution in [1.29, 1.82) is 0 Å². The highest BCUT2D eigenvalue weighted by Gasteiger charge is 2.17. The second-order valence-corrected chi connectivity index (χ2v) is 7.42. The molecule has 1 aromatic rings. The molecule has 1 aromatic carbocycles. The van der Waals surface area contributed by atoms with Crippen molar-refractivity contribution in [2.75, 3.05) is 25.3 Å². The molecule has 0 aliphatic heterocycles. The van der Waals surface area contributed by atoms with Crippen LogP contribution in [0.4, 0.5) is 5.69 Å². The number of nitrogens with zero attached hydrogens (tertiary/aromatic N) is 1. The molecule has 0 radical (unpaired) electrons. The van der Waals surface area contributed by atoms with Crippen LogP contribution < -0.4 is 5.32 Å². The molecule has 0 saturated carbocycles. The molecule has 1 unspecified atom stereocenters. The second-order valence-electron chi connectivity index (χ2n) is 4.96. The maximum Gasteiger partial charge on any atom is 0.242 e. The van der Waals surface area contributed by atoms with Gasteiger partial charge in [-0.3, -0.25) is 0 Å². The zero-order valence-corrected chi connectivity index (χ0v) is 13.3. The summed E-state index contributed by atoms with van der Waals surface area (Å²) in [5.41, 5.74) is 0.872. The largest absolute Gasteiger partial charge is 0.381 e. The summed E-state index contributed by atoms with van der Waals surface area (Å²) < 4.78 is 25.0. The van der Waals surface area contributed by atoms with E-state index in [0.29, 0.717) is 11.8 Å². The van der Waals surface area contributed by atoms with Gasteiger partial charge in [0.25, 0.3) is 0 Å². The van der Waals surface area contributed by atoms with E-state index in [2.05, 4.69) is 19.2 Å². The van der Waals surface area contributed by atoms with Crippen LogP contribution in [0.25, 0.3) is 0 Å². The monoisotopic (exact) mass is 304 g/mol. The predicted octanol–water partition coefficient (Wildman–Crippen LogP) is 2.61. The fraction of sp³-hybridized carbons (Fsp3) is 0.538. The SMILES string of the molecule is CC(C)C(CCl)Nc1ccc(S(=O)(=O)N(C)C)cc1. The van der Waals surface area contributed by atoms with Gasteiger partial charge < -0.3 is 5.32 Å². The van der Waals surface area contributed by atoms with Gasteiger partial charge in [-0.15, -0.1) is 11.6 Å². The molecule has 0 aromatic heterocycles. The van der Waals surface area contributed by atoms with Gasteiger partial charge in [-0.1, -0.05) is 13.8 Å². The molecule has 0 fully saturated rings. The summed E-state index contributed by atoms with van der Waals surface area (Å²) in [7, 11) is -0.329. The lowest BCUT2D eigenvalue weighted by atomic mass is 10.1. The third-order valence-corrected chi connectivity index (χ3v) is 5.12. The van der Waals surface area contributed by atoms with Gasteiger partial charge in [-0.2, -0.15) is 0 Å². The smallest absolute Gasteiger partial charge is 0.242 e. The summed E-state index contributed by atoms with van der Waals surface area (Å²) >= 11 is 5.89. The summed E-state index contributed by atoms with van der Waals surface area (Å²) in [6, 6.07) is 6.89. The molecule has 0 spiro atoms. The first-order valence-corrected chi connectivity index (χ1v) is 8.11. The number of halogens is 1. The second kappa shape index (κ2) is 6.59. The van der Waals surface area contributed by atoms with Crippen molar-refractivity contribution >= 4 is 27.3 Å². The number of hydrogen-bond acceptors (Lipinski definition) is 3. The Hall–Kier alpha value is -0.780. The fourth-order valence-electron chi connectivity index (χ4n) is 1.53. The molecule has 0 amide bonds. The molecular weight excluding hydrogens is 284 g/mol. The minimum Gasteiger partial charge on any atom is -0.381 e. The first-order chi connectivity index (χ1) is 8.78. The quantitative estimate of drug-likeness (QED) is 0.822. The van der Waals surface area contributed by atoms with E-state index in [-0.39, 0.29) is 10.9 Å². The molecule has 0 aliphatic carbocycles. The molecule has 0 bridgehead atoms. The van der Waals surface area contributed by atoms with Gasteiger partial charge in [0.1, 0.15) is 0 Å². The number of nitrogens with one attached hydrogen (secondary N) is 1. The third kappa shape index (κ3) is 4.09. The topological polar surface area (TPSA) is 49.4 Å². The van der Waals surface area contributed by atoms with Crippen molar-refractivity contribution in [1.82, 2.24) is 4.31 Å². The lowest BCUT2D eigenvalue weighted by molar-refractivity contribution is 0.520. The van der Waals surface area contributed by atoms with Crippen molar-refractivity contribution in [3.8, 4) is 0 Å². The van der Waals surface area contributed by atoms with Crippen molar-refractivity contribution in [3.63, 3.8) is 0 Å². The van der Waals surface area contributed by atoms with Crippen LogP contribution in [0.15, 0.2) is 29.2 Å². The van der Waals surface area contributed by atoms with Crippen LogP contribution in [0.5, 0.6) is 0 Å². The maximum absolute atomic E-state index is 11.9. The standard InChI is InChI=1S/C13H21ClN2O2S/c1-10(2)13(9-14)15-11-5-7-12(8-6-11)19(17,18)16(3)4/h5-8,10,13,15H,9H2,1-4H3. The summed E-state index contributed by atoms with van der Waals surface area (Å²) in [5, 5.41) is 3.30. The van der Waals surface area contributed by atoms with E-state index >= 15 is 0 Å². The van der Waals surface area contributed by atoms with Crippen LogP contribution in [0.1, 0.15) is 13.8 Å². The number of alkyl halides is 1. The van der Waals surface area contributed by atoms with Gasteiger partial charge in [0, 0.05) is 31.7 Å². The van der Waals surface area contributed by atoms with E-state index < -0.39 is 10.0 Å². The summed E-state index contributed by atoms with van der Waals surface area (Å²) in [6.07, 6.45) is 0. The molecule has 0 heterocycles. The molecule has 4 nitrogen and oxygen atoms in total. The lowest BCUT2D eigenvalue weighted by Gasteiger charge is -2.21. The fourth-order valence-corrected chi connectivity index (χ4v) is 2.87. The molecule has 1 N–H and O–H groups in total. The lowest BCUT2D eigenvalue weighted by Crippen LogP contribution is -2.27. The number of anilines is 1. The molecule has 108 valence electrons. The van der Waals surface area contributed by atoms with Crippen LogP contribution in [-0.4, -0.2) is 38.7 Å². The zero-order valence-electron chi connectivity index (χ0n) is 11.7. The Balaban J connectivity index is 2.89. The van der Waals surface area contributed by atoms with Crippen molar-refractivity contribution in [3.05, 3.63) is 24.3 Å². The average molecular weight is 305 g/mol. The van der Waals surface area contributed by atoms with E-state index in [1.165, 1.54) is 18.4 Å². The highest BCUT2D eigenvalue weighted by atomic mass is 35.5. The van der Waals surface area contributed by atoms with E-state index in [1.54, 1.807) is 24.3 Å². The Kier molecular flexibility index (Phi) is 5.64.